The van der Waals surface area contributed by atoms with Crippen LogP contribution in [-0.4, -0.2) is 5.78 Å². The quantitative estimate of drug-likeness (QED) is 0.302. The number of furan rings is 1. The molecule has 0 atom stereocenters. The maximum absolute atomic E-state index is 12.4. The van der Waals surface area contributed by atoms with Gasteiger partial charge in [-0.05, 0) is 53.3 Å². The number of ketones is 1. The molecule has 1 heterocycles. The molecule has 4 rings (SSSR count). The number of fused-ring (bicyclic) bond motifs is 1. The fraction of sp³-hybridized carbons (Fsp3) is 0. The van der Waals surface area contributed by atoms with Crippen LogP contribution in [0.5, 0.6) is 0 Å². The van der Waals surface area contributed by atoms with E-state index in [-0.39, 0.29) is 5.78 Å². The third-order valence-electron chi connectivity index (χ3n) is 4.20. The Morgan fingerprint density at radius 2 is 1.62 bits per heavy atom. The molecule has 0 unspecified atom stereocenters. The van der Waals surface area contributed by atoms with E-state index >= 15 is 0 Å². The molecule has 3 aromatic carbocycles. The van der Waals surface area contributed by atoms with E-state index in [4.69, 9.17) is 16.0 Å². The zero-order chi connectivity index (χ0) is 17.9. The Kier molecular flexibility index (Phi) is 4.42. The van der Waals surface area contributed by atoms with E-state index in [0.29, 0.717) is 22.1 Å². The number of benzene rings is 3. The normalized spacial score (nSPS) is 11.3. The van der Waals surface area contributed by atoms with Crippen LogP contribution in [0.4, 0.5) is 0 Å². The Balaban J connectivity index is 1.56. The Bertz CT molecular complexity index is 1120. The second-order valence-corrected chi connectivity index (χ2v) is 6.35. The summed E-state index contributed by atoms with van der Waals surface area (Å²) in [5, 5.41) is 2.79. The molecule has 0 aliphatic heterocycles. The van der Waals surface area contributed by atoms with Gasteiger partial charge in [0.05, 0.1) is 5.02 Å². The lowest BCUT2D eigenvalue weighted by atomic mass is 10.0. The van der Waals surface area contributed by atoms with Gasteiger partial charge in [-0.15, -0.1) is 0 Å². The standard InChI is InChI=1S/C23H15ClO2/c24-21-8-4-3-7-20(21)23-14-12-19(26-23)11-13-22(25)18-10-9-16-5-1-2-6-17(16)15-18/h1-15H. The molecule has 0 saturated carbocycles. The lowest BCUT2D eigenvalue weighted by Crippen LogP contribution is -1.93. The van der Waals surface area contributed by atoms with Gasteiger partial charge in [0.1, 0.15) is 11.5 Å². The lowest BCUT2D eigenvalue weighted by Gasteiger charge is -2.00. The molecule has 0 fully saturated rings. The number of carbonyl (C=O) groups excluding carboxylic acids is 1. The summed E-state index contributed by atoms with van der Waals surface area (Å²) in [6.45, 7) is 0. The SMILES string of the molecule is O=C(C=Cc1ccc(-c2ccccc2Cl)o1)c1ccc2ccccc2c1. The van der Waals surface area contributed by atoms with Gasteiger partial charge in [-0.1, -0.05) is 60.1 Å². The van der Waals surface area contributed by atoms with E-state index in [1.165, 1.54) is 6.08 Å². The van der Waals surface area contributed by atoms with E-state index in [1.807, 2.05) is 78.9 Å². The lowest BCUT2D eigenvalue weighted by molar-refractivity contribution is 0.104. The summed E-state index contributed by atoms with van der Waals surface area (Å²) in [4.78, 5) is 12.4. The van der Waals surface area contributed by atoms with Crippen LogP contribution in [0.15, 0.2) is 89.4 Å². The molecule has 0 radical (unpaired) electrons. The third-order valence-corrected chi connectivity index (χ3v) is 4.53. The van der Waals surface area contributed by atoms with Crippen LogP contribution >= 0.6 is 11.6 Å². The Morgan fingerprint density at radius 3 is 2.46 bits per heavy atom. The van der Waals surface area contributed by atoms with E-state index < -0.39 is 0 Å². The van der Waals surface area contributed by atoms with Crippen LogP contribution in [0, 0.1) is 0 Å². The van der Waals surface area contributed by atoms with Crippen molar-refractivity contribution in [1.29, 1.82) is 0 Å². The van der Waals surface area contributed by atoms with Crippen molar-refractivity contribution in [2.45, 2.75) is 0 Å². The zero-order valence-corrected chi connectivity index (χ0v) is 14.6. The minimum absolute atomic E-state index is 0.0635. The number of halogens is 1. The van der Waals surface area contributed by atoms with Crippen molar-refractivity contribution in [3.8, 4) is 11.3 Å². The first-order chi connectivity index (χ1) is 12.7. The molecular weight excluding hydrogens is 344 g/mol. The van der Waals surface area contributed by atoms with Gasteiger partial charge in [0.25, 0.3) is 0 Å². The van der Waals surface area contributed by atoms with Crippen molar-refractivity contribution in [3.05, 3.63) is 101 Å². The summed E-state index contributed by atoms with van der Waals surface area (Å²) in [7, 11) is 0. The summed E-state index contributed by atoms with van der Waals surface area (Å²) >= 11 is 6.19. The maximum atomic E-state index is 12.4. The van der Waals surface area contributed by atoms with Gasteiger partial charge in [0.15, 0.2) is 5.78 Å². The highest BCUT2D eigenvalue weighted by Gasteiger charge is 2.08. The molecule has 0 bridgehead atoms. The molecule has 0 saturated heterocycles. The Morgan fingerprint density at radius 1 is 0.846 bits per heavy atom. The molecule has 4 aromatic rings. The Labute approximate surface area is 156 Å². The van der Waals surface area contributed by atoms with Gasteiger partial charge >= 0.3 is 0 Å². The first kappa shape index (κ1) is 16.4. The van der Waals surface area contributed by atoms with Crippen LogP contribution in [-0.2, 0) is 0 Å². The van der Waals surface area contributed by atoms with E-state index in [2.05, 4.69) is 0 Å². The van der Waals surface area contributed by atoms with Crippen molar-refractivity contribution >= 4 is 34.2 Å². The minimum Gasteiger partial charge on any atom is -0.457 e. The monoisotopic (exact) mass is 358 g/mol. The molecule has 1 aromatic heterocycles. The average molecular weight is 359 g/mol. The second kappa shape index (κ2) is 7.03. The zero-order valence-electron chi connectivity index (χ0n) is 13.9. The van der Waals surface area contributed by atoms with Crippen LogP contribution in [0.3, 0.4) is 0 Å². The molecule has 0 aliphatic rings. The highest BCUT2D eigenvalue weighted by atomic mass is 35.5. The predicted octanol–water partition coefficient (Wildman–Crippen LogP) is 6.65. The Hall–Kier alpha value is -3.10. The maximum Gasteiger partial charge on any atom is 0.185 e. The molecule has 126 valence electrons. The van der Waals surface area contributed by atoms with E-state index in [0.717, 1.165) is 16.3 Å². The smallest absolute Gasteiger partial charge is 0.185 e. The number of carbonyl (C=O) groups is 1. The van der Waals surface area contributed by atoms with Crippen molar-refractivity contribution in [1.82, 2.24) is 0 Å². The van der Waals surface area contributed by atoms with Gasteiger partial charge < -0.3 is 4.42 Å². The topological polar surface area (TPSA) is 30.2 Å². The van der Waals surface area contributed by atoms with Crippen molar-refractivity contribution in [3.63, 3.8) is 0 Å². The summed E-state index contributed by atoms with van der Waals surface area (Å²) in [6, 6.07) is 24.8. The minimum atomic E-state index is -0.0635. The number of hydrogen-bond donors (Lipinski definition) is 0. The van der Waals surface area contributed by atoms with Crippen LogP contribution < -0.4 is 0 Å². The molecule has 2 nitrogen and oxygen atoms in total. The molecule has 3 heteroatoms. The molecule has 0 amide bonds. The fourth-order valence-corrected chi connectivity index (χ4v) is 3.07. The molecule has 0 N–H and O–H groups in total. The predicted molar refractivity (Wildman–Crippen MR) is 106 cm³/mol. The van der Waals surface area contributed by atoms with Crippen molar-refractivity contribution in [2.24, 2.45) is 0 Å². The largest absolute Gasteiger partial charge is 0.457 e. The van der Waals surface area contributed by atoms with Crippen LogP contribution in [0.25, 0.3) is 28.2 Å². The summed E-state index contributed by atoms with van der Waals surface area (Å²) in [5.41, 5.74) is 1.48. The first-order valence-electron chi connectivity index (χ1n) is 8.27. The highest BCUT2D eigenvalue weighted by molar-refractivity contribution is 6.33. The van der Waals surface area contributed by atoms with Gasteiger partial charge in [-0.2, -0.15) is 0 Å². The number of allylic oxidation sites excluding steroid dienone is 1. The average Bonchev–Trinajstić information content (AvgIpc) is 3.15. The second-order valence-electron chi connectivity index (χ2n) is 5.94. The molecule has 0 spiro atoms. The van der Waals surface area contributed by atoms with E-state index in [1.54, 1.807) is 6.08 Å². The third kappa shape index (κ3) is 3.32. The number of hydrogen-bond acceptors (Lipinski definition) is 2. The summed E-state index contributed by atoms with van der Waals surface area (Å²) in [5.74, 6) is 1.22. The fourth-order valence-electron chi connectivity index (χ4n) is 2.84. The molecule has 0 aliphatic carbocycles. The van der Waals surface area contributed by atoms with Gasteiger partial charge in [0.2, 0.25) is 0 Å². The van der Waals surface area contributed by atoms with E-state index in [9.17, 15) is 4.79 Å². The van der Waals surface area contributed by atoms with Gasteiger partial charge in [-0.25, -0.2) is 0 Å². The summed E-state index contributed by atoms with van der Waals surface area (Å²) in [6.07, 6.45) is 3.21. The molecular formula is C23H15ClO2. The van der Waals surface area contributed by atoms with Crippen LogP contribution in [0.2, 0.25) is 5.02 Å². The number of rotatable bonds is 4. The van der Waals surface area contributed by atoms with Crippen molar-refractivity contribution in [2.75, 3.05) is 0 Å². The van der Waals surface area contributed by atoms with Gasteiger partial charge in [0, 0.05) is 11.1 Å². The van der Waals surface area contributed by atoms with Gasteiger partial charge in [-0.3, -0.25) is 4.79 Å². The van der Waals surface area contributed by atoms with Crippen molar-refractivity contribution < 1.29 is 9.21 Å². The summed E-state index contributed by atoms with van der Waals surface area (Å²) < 4.78 is 5.78. The first-order valence-corrected chi connectivity index (χ1v) is 8.64. The molecule has 26 heavy (non-hydrogen) atoms. The van der Waals surface area contributed by atoms with Crippen LogP contribution in [0.1, 0.15) is 16.1 Å². The highest BCUT2D eigenvalue weighted by Crippen LogP contribution is 2.29.